The number of allylic oxidation sites excluding steroid dienone is 2. The number of aryl methyl sites for hydroxylation is 6. The Labute approximate surface area is 316 Å². The van der Waals surface area contributed by atoms with E-state index in [2.05, 4.69) is 154 Å². The van der Waals surface area contributed by atoms with Crippen molar-refractivity contribution in [1.29, 1.82) is 0 Å². The molecular formula is C46H81N3S. The Balaban J connectivity index is -0.000000595. The number of hydrogen-bond donors (Lipinski definition) is 2. The molecule has 1 heterocycles. The van der Waals surface area contributed by atoms with Crippen LogP contribution >= 0.6 is 11.3 Å². The summed E-state index contributed by atoms with van der Waals surface area (Å²) < 4.78 is 0. The van der Waals surface area contributed by atoms with Crippen molar-refractivity contribution in [3.05, 3.63) is 99.0 Å². The van der Waals surface area contributed by atoms with Crippen LogP contribution in [0.1, 0.15) is 148 Å². The Morgan fingerprint density at radius 3 is 1.66 bits per heavy atom. The molecule has 0 aliphatic carbocycles. The molecule has 0 aliphatic rings. The van der Waals surface area contributed by atoms with Crippen molar-refractivity contribution >= 4 is 11.3 Å². The standard InChI is InChI=1S/C15H19NS.C10H22N2.C10H14.C7H14.2C2H6/c1-5-12-7-8-13(9-10(12)3)15-14(6-2)17-11(4)16-15;1-5-6-10(4)12-8-7-11-9(2)3;1-3-9-7-5-6-8-10(9)4-2;1-5-7(4)6(2)3;2*1-2/h7-9H,5-6H2,1-4H3;9,11-12H,4-8H2,1-3H3;5-8H,3-4H2,1-2H3;6H,4-5H2,1-3H3;2*1-2H3. The number of aromatic nitrogens is 1. The monoisotopic (exact) mass is 708 g/mol. The van der Waals surface area contributed by atoms with Crippen molar-refractivity contribution in [3.63, 3.8) is 0 Å². The fourth-order valence-electron chi connectivity index (χ4n) is 4.82. The Hall–Kier alpha value is -2.69. The van der Waals surface area contributed by atoms with Crippen molar-refractivity contribution in [2.45, 2.75) is 162 Å². The molecule has 2 N–H and O–H groups in total. The van der Waals surface area contributed by atoms with Gasteiger partial charge in [0.2, 0.25) is 0 Å². The molecule has 1 aromatic heterocycles. The zero-order chi connectivity index (χ0) is 39.1. The van der Waals surface area contributed by atoms with Crippen molar-refractivity contribution in [2.24, 2.45) is 5.92 Å². The molecule has 0 fully saturated rings. The molecule has 3 rings (SSSR count). The molecule has 0 saturated carbocycles. The molecule has 0 spiro atoms. The van der Waals surface area contributed by atoms with Crippen molar-refractivity contribution in [2.75, 3.05) is 13.1 Å². The summed E-state index contributed by atoms with van der Waals surface area (Å²) >= 11 is 1.81. The third-order valence-electron chi connectivity index (χ3n) is 7.88. The molecule has 4 heteroatoms. The van der Waals surface area contributed by atoms with E-state index in [-0.39, 0.29) is 0 Å². The van der Waals surface area contributed by atoms with Gasteiger partial charge in [0.15, 0.2) is 0 Å². The maximum absolute atomic E-state index is 4.67. The van der Waals surface area contributed by atoms with Gasteiger partial charge in [-0.25, -0.2) is 4.98 Å². The number of rotatable bonds is 14. The Morgan fingerprint density at radius 2 is 1.28 bits per heavy atom. The van der Waals surface area contributed by atoms with E-state index in [0.29, 0.717) is 12.0 Å². The molecule has 0 bridgehead atoms. The summed E-state index contributed by atoms with van der Waals surface area (Å²) in [6, 6.07) is 15.9. The molecule has 0 atom stereocenters. The molecule has 50 heavy (non-hydrogen) atoms. The molecule has 0 unspecified atom stereocenters. The van der Waals surface area contributed by atoms with Gasteiger partial charge >= 0.3 is 0 Å². The summed E-state index contributed by atoms with van der Waals surface area (Å²) in [6.07, 6.45) is 7.86. The van der Waals surface area contributed by atoms with Crippen LogP contribution < -0.4 is 10.6 Å². The highest BCUT2D eigenvalue weighted by Gasteiger charge is 2.10. The SMILES string of the molecule is C=C(CC)C(C)C.C=C(CCC)NCCNC(C)C.CC.CC.CCc1ccc(-c2nc(C)sc2CC)cc1C.CCc1ccccc1CC. The summed E-state index contributed by atoms with van der Waals surface area (Å²) in [5.74, 6) is 0.671. The number of nitrogens with zero attached hydrogens (tertiary/aromatic N) is 1. The van der Waals surface area contributed by atoms with Gasteiger partial charge in [0.25, 0.3) is 0 Å². The summed E-state index contributed by atoms with van der Waals surface area (Å²) in [5, 5.41) is 7.78. The van der Waals surface area contributed by atoms with Crippen LogP contribution in [0, 0.1) is 19.8 Å². The van der Waals surface area contributed by atoms with Crippen LogP contribution in [-0.4, -0.2) is 24.1 Å². The van der Waals surface area contributed by atoms with Crippen LogP contribution in [0.4, 0.5) is 0 Å². The zero-order valence-corrected chi connectivity index (χ0v) is 36.6. The van der Waals surface area contributed by atoms with Crippen LogP contribution in [-0.2, 0) is 25.7 Å². The third kappa shape index (κ3) is 23.7. The van der Waals surface area contributed by atoms with Gasteiger partial charge in [-0.3, -0.25) is 0 Å². The molecule has 0 radical (unpaired) electrons. The van der Waals surface area contributed by atoms with Gasteiger partial charge in [-0.2, -0.15) is 0 Å². The minimum atomic E-state index is 0.575. The molecule has 3 nitrogen and oxygen atoms in total. The summed E-state index contributed by atoms with van der Waals surface area (Å²) in [5.41, 5.74) is 10.7. The van der Waals surface area contributed by atoms with E-state index in [0.717, 1.165) is 62.3 Å². The fraction of sp³-hybridized carbons (Fsp3) is 0.587. The van der Waals surface area contributed by atoms with Crippen molar-refractivity contribution in [1.82, 2.24) is 15.6 Å². The zero-order valence-electron chi connectivity index (χ0n) is 35.8. The largest absolute Gasteiger partial charge is 0.388 e. The van der Waals surface area contributed by atoms with Crippen LogP contribution in [0.5, 0.6) is 0 Å². The first kappa shape index (κ1) is 51.7. The summed E-state index contributed by atoms with van der Waals surface area (Å²) in [6.45, 7) is 43.8. The van der Waals surface area contributed by atoms with Crippen LogP contribution in [0.3, 0.4) is 0 Å². The Bertz CT molecular complexity index is 1230. The Morgan fingerprint density at radius 1 is 0.740 bits per heavy atom. The lowest BCUT2D eigenvalue weighted by molar-refractivity contribution is 0.570. The first-order valence-corrected chi connectivity index (χ1v) is 20.7. The molecule has 3 aromatic rings. The average molecular weight is 708 g/mol. The topological polar surface area (TPSA) is 37.0 Å². The minimum absolute atomic E-state index is 0.575. The van der Waals surface area contributed by atoms with Gasteiger partial charge in [0.1, 0.15) is 0 Å². The second kappa shape index (κ2) is 33.5. The maximum atomic E-state index is 4.67. The number of benzene rings is 2. The normalized spacial score (nSPS) is 9.72. The number of nitrogens with one attached hydrogen (secondary N) is 2. The van der Waals surface area contributed by atoms with E-state index in [1.807, 2.05) is 39.0 Å². The highest BCUT2D eigenvalue weighted by Crippen LogP contribution is 2.29. The predicted molar refractivity (Wildman–Crippen MR) is 233 cm³/mol. The lowest BCUT2D eigenvalue weighted by atomic mass is 10.0. The predicted octanol–water partition coefficient (Wildman–Crippen LogP) is 13.9. The quantitative estimate of drug-likeness (QED) is 0.129. The number of hydrogen-bond acceptors (Lipinski definition) is 4. The molecule has 2 aromatic carbocycles. The number of thiazole rings is 1. The van der Waals surface area contributed by atoms with Crippen molar-refractivity contribution < 1.29 is 0 Å². The molecule has 0 aliphatic heterocycles. The maximum Gasteiger partial charge on any atom is 0.0904 e. The van der Waals surface area contributed by atoms with Crippen molar-refractivity contribution in [3.8, 4) is 11.3 Å². The molecule has 0 amide bonds. The highest BCUT2D eigenvalue weighted by molar-refractivity contribution is 7.12. The summed E-state index contributed by atoms with van der Waals surface area (Å²) in [7, 11) is 0. The highest BCUT2D eigenvalue weighted by atomic mass is 32.1. The third-order valence-corrected chi connectivity index (χ3v) is 8.99. The van der Waals surface area contributed by atoms with Gasteiger partial charge in [-0.05, 0) is 86.6 Å². The molecular weight excluding hydrogens is 627 g/mol. The second-order valence-electron chi connectivity index (χ2n) is 12.4. The van der Waals surface area contributed by atoms with Gasteiger partial charge in [0.05, 0.1) is 10.7 Å². The van der Waals surface area contributed by atoms with E-state index in [1.165, 1.54) is 50.4 Å². The van der Waals surface area contributed by atoms with E-state index in [4.69, 9.17) is 0 Å². The lowest BCUT2D eigenvalue weighted by Crippen LogP contribution is -2.31. The van der Waals surface area contributed by atoms with E-state index in [1.54, 1.807) is 0 Å². The smallest absolute Gasteiger partial charge is 0.0904 e. The molecule has 0 saturated heterocycles. The van der Waals surface area contributed by atoms with Crippen LogP contribution in [0.25, 0.3) is 11.3 Å². The minimum Gasteiger partial charge on any atom is -0.388 e. The lowest BCUT2D eigenvalue weighted by Gasteiger charge is -2.10. The molecule has 286 valence electrons. The summed E-state index contributed by atoms with van der Waals surface area (Å²) in [4.78, 5) is 6.06. The Kier molecular flexibility index (Phi) is 34.6. The second-order valence-corrected chi connectivity index (χ2v) is 13.7. The van der Waals surface area contributed by atoms with Gasteiger partial charge in [-0.15, -0.1) is 11.3 Å². The van der Waals surface area contributed by atoms with Gasteiger partial charge in [-0.1, -0.05) is 158 Å². The van der Waals surface area contributed by atoms with Crippen LogP contribution in [0.2, 0.25) is 0 Å². The first-order chi connectivity index (χ1) is 23.9. The van der Waals surface area contributed by atoms with E-state index in [9.17, 15) is 0 Å². The fourth-order valence-corrected chi connectivity index (χ4v) is 5.72. The first-order valence-electron chi connectivity index (χ1n) is 19.8. The van der Waals surface area contributed by atoms with E-state index < -0.39 is 0 Å². The van der Waals surface area contributed by atoms with Gasteiger partial charge < -0.3 is 10.6 Å². The average Bonchev–Trinajstić information content (AvgIpc) is 3.52. The van der Waals surface area contributed by atoms with E-state index >= 15 is 0 Å². The van der Waals surface area contributed by atoms with Crippen LogP contribution in [0.15, 0.2) is 66.9 Å². The van der Waals surface area contributed by atoms with Gasteiger partial charge in [0, 0.05) is 35.3 Å².